The van der Waals surface area contributed by atoms with Crippen molar-refractivity contribution in [3.63, 3.8) is 0 Å². The lowest BCUT2D eigenvalue weighted by atomic mass is 10.2. The minimum atomic E-state index is -0.225. The Bertz CT molecular complexity index is 539. The van der Waals surface area contributed by atoms with Crippen molar-refractivity contribution in [2.45, 2.75) is 13.1 Å². The molecule has 0 fully saturated rings. The Kier molecular flexibility index (Phi) is 4.14. The Morgan fingerprint density at radius 1 is 1.39 bits per heavy atom. The lowest BCUT2D eigenvalue weighted by Crippen LogP contribution is -2.19. The van der Waals surface area contributed by atoms with Crippen LogP contribution in [-0.2, 0) is 20.1 Å². The molecule has 1 aromatic carbocycles. The van der Waals surface area contributed by atoms with Gasteiger partial charge in [0.05, 0.1) is 6.54 Å². The fourth-order valence-electron chi connectivity index (χ4n) is 1.79. The van der Waals surface area contributed by atoms with Gasteiger partial charge in [-0.1, -0.05) is 22.0 Å². The summed E-state index contributed by atoms with van der Waals surface area (Å²) in [5.74, 6) is 0.785. The third kappa shape index (κ3) is 3.17. The van der Waals surface area contributed by atoms with Crippen LogP contribution >= 0.6 is 15.9 Å². The van der Waals surface area contributed by atoms with E-state index in [1.807, 2.05) is 24.9 Å². The molecular weight excluding hydrogens is 297 g/mol. The zero-order valence-electron chi connectivity index (χ0n) is 10.4. The van der Waals surface area contributed by atoms with Gasteiger partial charge in [0.1, 0.15) is 11.6 Å². The summed E-state index contributed by atoms with van der Waals surface area (Å²) in [6.45, 7) is 1.50. The van der Waals surface area contributed by atoms with Crippen molar-refractivity contribution in [1.29, 1.82) is 0 Å². The molecule has 0 unspecified atom stereocenters. The third-order valence-corrected chi connectivity index (χ3v) is 3.53. The van der Waals surface area contributed by atoms with Gasteiger partial charge in [0.25, 0.3) is 0 Å². The first kappa shape index (κ1) is 13.2. The largest absolute Gasteiger partial charge is 0.337 e. The van der Waals surface area contributed by atoms with Crippen molar-refractivity contribution in [1.82, 2.24) is 14.5 Å². The quantitative estimate of drug-likeness (QED) is 0.865. The summed E-state index contributed by atoms with van der Waals surface area (Å²) >= 11 is 3.38. The monoisotopic (exact) mass is 311 g/mol. The molecule has 0 aliphatic rings. The second-order valence-electron chi connectivity index (χ2n) is 4.36. The zero-order valence-corrected chi connectivity index (χ0v) is 12.0. The number of hydrogen-bond donors (Lipinski definition) is 0. The van der Waals surface area contributed by atoms with Crippen LogP contribution in [0.5, 0.6) is 0 Å². The van der Waals surface area contributed by atoms with Crippen molar-refractivity contribution in [2.75, 3.05) is 7.05 Å². The molecule has 2 rings (SSSR count). The maximum Gasteiger partial charge on any atom is 0.124 e. The van der Waals surface area contributed by atoms with Gasteiger partial charge < -0.3 is 4.57 Å². The summed E-state index contributed by atoms with van der Waals surface area (Å²) < 4.78 is 15.8. The summed E-state index contributed by atoms with van der Waals surface area (Å²) in [6.07, 6.45) is 3.72. The van der Waals surface area contributed by atoms with Gasteiger partial charge in [0.15, 0.2) is 0 Å². The lowest BCUT2D eigenvalue weighted by Gasteiger charge is -2.17. The molecule has 2 aromatic rings. The smallest absolute Gasteiger partial charge is 0.124 e. The Labute approximate surface area is 114 Å². The molecule has 0 radical (unpaired) electrons. The fourth-order valence-corrected chi connectivity index (χ4v) is 2.26. The predicted molar refractivity (Wildman–Crippen MR) is 72.5 cm³/mol. The van der Waals surface area contributed by atoms with E-state index in [9.17, 15) is 4.39 Å². The normalized spacial score (nSPS) is 11.2. The molecule has 0 aliphatic carbocycles. The highest BCUT2D eigenvalue weighted by Crippen LogP contribution is 2.19. The molecule has 0 amide bonds. The topological polar surface area (TPSA) is 21.1 Å². The summed E-state index contributed by atoms with van der Waals surface area (Å²) in [5, 5.41) is 0. The molecule has 0 aliphatic heterocycles. The molecule has 0 bridgehead atoms. The number of halogens is 2. The first-order chi connectivity index (χ1) is 8.56. The van der Waals surface area contributed by atoms with Gasteiger partial charge in [-0.05, 0) is 24.7 Å². The number of nitrogens with zero attached hydrogens (tertiary/aromatic N) is 3. The average molecular weight is 312 g/mol. The maximum atomic E-state index is 13.0. The van der Waals surface area contributed by atoms with Crippen LogP contribution in [-0.4, -0.2) is 21.5 Å². The Morgan fingerprint density at radius 2 is 2.17 bits per heavy atom. The van der Waals surface area contributed by atoms with Crippen LogP contribution < -0.4 is 0 Å². The molecule has 0 saturated heterocycles. The van der Waals surface area contributed by atoms with Gasteiger partial charge in [0.2, 0.25) is 0 Å². The second-order valence-corrected chi connectivity index (χ2v) is 5.22. The van der Waals surface area contributed by atoms with Crippen LogP contribution in [0, 0.1) is 5.82 Å². The van der Waals surface area contributed by atoms with Gasteiger partial charge >= 0.3 is 0 Å². The van der Waals surface area contributed by atoms with E-state index in [1.165, 1.54) is 12.1 Å². The molecule has 0 atom stereocenters. The van der Waals surface area contributed by atoms with Crippen molar-refractivity contribution in [3.05, 3.63) is 52.3 Å². The van der Waals surface area contributed by atoms with Crippen LogP contribution in [0.1, 0.15) is 11.4 Å². The van der Waals surface area contributed by atoms with Gasteiger partial charge in [0, 0.05) is 30.5 Å². The van der Waals surface area contributed by atoms with Crippen molar-refractivity contribution >= 4 is 15.9 Å². The number of aromatic nitrogens is 2. The molecule has 0 N–H and O–H groups in total. The van der Waals surface area contributed by atoms with Crippen LogP contribution in [0.4, 0.5) is 4.39 Å². The Hall–Kier alpha value is -1.20. The van der Waals surface area contributed by atoms with Gasteiger partial charge in [-0.25, -0.2) is 9.37 Å². The number of rotatable bonds is 4. The summed E-state index contributed by atoms with van der Waals surface area (Å²) in [7, 11) is 3.99. The average Bonchev–Trinajstić information content (AvgIpc) is 2.69. The molecular formula is C13H15BrFN3. The van der Waals surface area contributed by atoms with E-state index in [4.69, 9.17) is 0 Å². The van der Waals surface area contributed by atoms with Crippen LogP contribution in [0.3, 0.4) is 0 Å². The Morgan fingerprint density at radius 3 is 2.78 bits per heavy atom. The molecule has 96 valence electrons. The lowest BCUT2D eigenvalue weighted by molar-refractivity contribution is 0.306. The highest BCUT2D eigenvalue weighted by Gasteiger charge is 2.08. The zero-order chi connectivity index (χ0) is 13.1. The van der Waals surface area contributed by atoms with E-state index in [-0.39, 0.29) is 5.82 Å². The van der Waals surface area contributed by atoms with E-state index < -0.39 is 0 Å². The fraction of sp³-hybridized carbons (Fsp3) is 0.308. The van der Waals surface area contributed by atoms with E-state index in [0.717, 1.165) is 29.0 Å². The van der Waals surface area contributed by atoms with Crippen LogP contribution in [0.25, 0.3) is 0 Å². The van der Waals surface area contributed by atoms with E-state index in [1.54, 1.807) is 12.3 Å². The first-order valence-electron chi connectivity index (χ1n) is 5.65. The molecule has 1 aromatic heterocycles. The summed E-state index contributed by atoms with van der Waals surface area (Å²) in [6, 6.07) is 4.77. The summed E-state index contributed by atoms with van der Waals surface area (Å²) in [5.41, 5.74) is 1.06. The van der Waals surface area contributed by atoms with Crippen LogP contribution in [0.15, 0.2) is 35.1 Å². The first-order valence-corrected chi connectivity index (χ1v) is 6.44. The maximum absolute atomic E-state index is 13.0. The van der Waals surface area contributed by atoms with Gasteiger partial charge in [-0.3, -0.25) is 4.90 Å². The molecule has 5 heteroatoms. The molecule has 18 heavy (non-hydrogen) atoms. The third-order valence-electron chi connectivity index (χ3n) is 2.79. The number of aryl methyl sites for hydroxylation is 1. The van der Waals surface area contributed by atoms with Crippen LogP contribution in [0.2, 0.25) is 0 Å². The highest BCUT2D eigenvalue weighted by molar-refractivity contribution is 9.10. The van der Waals surface area contributed by atoms with Gasteiger partial charge in [-0.2, -0.15) is 0 Å². The predicted octanol–water partition coefficient (Wildman–Crippen LogP) is 2.95. The Balaban J connectivity index is 2.03. The number of hydrogen-bond acceptors (Lipinski definition) is 2. The standard InChI is InChI=1S/C13H15BrFN3/c1-17(9-13-16-5-6-18(13)2)8-10-3-4-11(15)7-12(10)14/h3-7H,8-9H2,1-2H3. The number of benzene rings is 1. The molecule has 0 spiro atoms. The summed E-state index contributed by atoms with van der Waals surface area (Å²) in [4.78, 5) is 6.42. The minimum absolute atomic E-state index is 0.225. The molecule has 0 saturated carbocycles. The van der Waals surface area contributed by atoms with E-state index in [2.05, 4.69) is 25.8 Å². The van der Waals surface area contributed by atoms with Gasteiger partial charge in [-0.15, -0.1) is 0 Å². The van der Waals surface area contributed by atoms with Crippen molar-refractivity contribution in [3.8, 4) is 0 Å². The van der Waals surface area contributed by atoms with Crippen molar-refractivity contribution in [2.24, 2.45) is 7.05 Å². The number of imidazole rings is 1. The highest BCUT2D eigenvalue weighted by atomic mass is 79.9. The minimum Gasteiger partial charge on any atom is -0.337 e. The molecule has 1 heterocycles. The second kappa shape index (κ2) is 5.63. The molecule has 3 nitrogen and oxygen atoms in total. The van der Waals surface area contributed by atoms with E-state index >= 15 is 0 Å². The van der Waals surface area contributed by atoms with E-state index in [0.29, 0.717) is 0 Å². The SMILES string of the molecule is CN(Cc1ccc(F)cc1Br)Cc1nccn1C. The van der Waals surface area contributed by atoms with Crippen molar-refractivity contribution < 1.29 is 4.39 Å².